The van der Waals surface area contributed by atoms with Gasteiger partial charge in [0.25, 0.3) is 0 Å². The monoisotopic (exact) mass is 218 g/mol. The van der Waals surface area contributed by atoms with Gasteiger partial charge in [-0.25, -0.2) is 4.98 Å². The number of phenols is 1. The molecule has 1 aromatic carbocycles. The van der Waals surface area contributed by atoms with E-state index < -0.39 is 0 Å². The van der Waals surface area contributed by atoms with Crippen molar-refractivity contribution in [1.29, 1.82) is 0 Å². The van der Waals surface area contributed by atoms with Crippen molar-refractivity contribution in [2.75, 3.05) is 6.54 Å². The molecule has 2 aromatic rings. The molecule has 0 unspecified atom stereocenters. The third kappa shape index (κ3) is 3.10. The minimum Gasteiger partial charge on any atom is -0.508 e. The molecule has 0 fully saturated rings. The molecule has 4 heteroatoms. The Balaban J connectivity index is 1.70. The van der Waals surface area contributed by atoms with E-state index in [1.54, 1.807) is 18.3 Å². The summed E-state index contributed by atoms with van der Waals surface area (Å²) in [5.41, 5.74) is 1.20. The minimum absolute atomic E-state index is 0.304. The first kappa shape index (κ1) is 10.7. The van der Waals surface area contributed by atoms with Crippen molar-refractivity contribution in [2.45, 2.75) is 13.0 Å². The van der Waals surface area contributed by atoms with Crippen molar-refractivity contribution in [3.63, 3.8) is 0 Å². The van der Waals surface area contributed by atoms with Gasteiger partial charge in [0, 0.05) is 0 Å². The summed E-state index contributed by atoms with van der Waals surface area (Å²) in [4.78, 5) is 3.83. The Morgan fingerprint density at radius 2 is 2.06 bits per heavy atom. The van der Waals surface area contributed by atoms with Crippen LogP contribution < -0.4 is 5.32 Å². The standard InChI is InChI=1S/C12H14N2O2/c15-11-3-1-10(2-4-11)5-6-13-7-12-8-14-9-16-12/h1-4,8-9,13,15H,5-7H2. The van der Waals surface area contributed by atoms with Gasteiger partial charge in [0.05, 0.1) is 12.7 Å². The molecule has 2 N–H and O–H groups in total. The summed E-state index contributed by atoms with van der Waals surface area (Å²) in [6, 6.07) is 7.24. The third-order valence-electron chi connectivity index (χ3n) is 2.31. The molecule has 4 nitrogen and oxygen atoms in total. The summed E-state index contributed by atoms with van der Waals surface area (Å²) in [6.45, 7) is 1.56. The van der Waals surface area contributed by atoms with Gasteiger partial charge in [-0.15, -0.1) is 0 Å². The van der Waals surface area contributed by atoms with Gasteiger partial charge in [-0.3, -0.25) is 0 Å². The summed E-state index contributed by atoms with van der Waals surface area (Å²) in [5.74, 6) is 1.14. The lowest BCUT2D eigenvalue weighted by Crippen LogP contribution is -2.16. The van der Waals surface area contributed by atoms with E-state index in [1.165, 1.54) is 12.0 Å². The largest absolute Gasteiger partial charge is 0.508 e. The fourth-order valence-corrected chi connectivity index (χ4v) is 1.44. The Morgan fingerprint density at radius 1 is 1.25 bits per heavy atom. The zero-order chi connectivity index (χ0) is 11.2. The first-order valence-corrected chi connectivity index (χ1v) is 5.20. The first-order valence-electron chi connectivity index (χ1n) is 5.20. The van der Waals surface area contributed by atoms with E-state index in [0.717, 1.165) is 18.7 Å². The smallest absolute Gasteiger partial charge is 0.180 e. The predicted molar refractivity (Wildman–Crippen MR) is 60.0 cm³/mol. The molecular weight excluding hydrogens is 204 g/mol. The Labute approximate surface area is 93.9 Å². The lowest BCUT2D eigenvalue weighted by atomic mass is 10.1. The van der Waals surface area contributed by atoms with Crippen LogP contribution in [0.3, 0.4) is 0 Å². The van der Waals surface area contributed by atoms with Crippen molar-refractivity contribution < 1.29 is 9.52 Å². The molecule has 0 saturated heterocycles. The molecule has 16 heavy (non-hydrogen) atoms. The van der Waals surface area contributed by atoms with Gasteiger partial charge >= 0.3 is 0 Å². The maximum atomic E-state index is 9.12. The van der Waals surface area contributed by atoms with Crippen molar-refractivity contribution >= 4 is 0 Å². The Bertz CT molecular complexity index is 409. The molecule has 0 aliphatic carbocycles. The van der Waals surface area contributed by atoms with Crippen LogP contribution in [0.1, 0.15) is 11.3 Å². The molecule has 2 rings (SSSR count). The number of benzene rings is 1. The van der Waals surface area contributed by atoms with Gasteiger partial charge in [-0.05, 0) is 30.7 Å². The van der Waals surface area contributed by atoms with E-state index in [4.69, 9.17) is 9.52 Å². The molecule has 84 valence electrons. The number of hydrogen-bond donors (Lipinski definition) is 2. The summed E-state index contributed by atoms with van der Waals surface area (Å²) in [7, 11) is 0. The number of nitrogens with one attached hydrogen (secondary N) is 1. The number of aromatic hydroxyl groups is 1. The number of phenolic OH excluding ortho intramolecular Hbond substituents is 1. The Kier molecular flexibility index (Phi) is 3.56. The summed E-state index contributed by atoms with van der Waals surface area (Å²) >= 11 is 0. The molecule has 1 aromatic heterocycles. The lowest BCUT2D eigenvalue weighted by molar-refractivity contribution is 0.474. The molecule has 0 saturated carbocycles. The van der Waals surface area contributed by atoms with Gasteiger partial charge in [0.15, 0.2) is 6.39 Å². The number of hydrogen-bond acceptors (Lipinski definition) is 4. The van der Waals surface area contributed by atoms with Crippen LogP contribution in [0.25, 0.3) is 0 Å². The fraction of sp³-hybridized carbons (Fsp3) is 0.250. The van der Waals surface area contributed by atoms with E-state index in [1.807, 2.05) is 12.1 Å². The molecule has 0 bridgehead atoms. The SMILES string of the molecule is Oc1ccc(CCNCc2cnco2)cc1. The zero-order valence-corrected chi connectivity index (χ0v) is 8.89. The van der Waals surface area contributed by atoms with Gasteiger partial charge < -0.3 is 14.8 Å². The molecule has 1 heterocycles. The maximum absolute atomic E-state index is 9.12. The van der Waals surface area contributed by atoms with Crippen LogP contribution in [0, 0.1) is 0 Å². The highest BCUT2D eigenvalue weighted by Crippen LogP contribution is 2.09. The second-order valence-corrected chi connectivity index (χ2v) is 3.56. The number of oxazole rings is 1. The quantitative estimate of drug-likeness (QED) is 0.750. The Morgan fingerprint density at radius 3 is 2.75 bits per heavy atom. The maximum Gasteiger partial charge on any atom is 0.180 e. The number of rotatable bonds is 5. The molecule has 0 amide bonds. The van der Waals surface area contributed by atoms with Gasteiger partial charge in [-0.2, -0.15) is 0 Å². The number of nitrogens with zero attached hydrogens (tertiary/aromatic N) is 1. The van der Waals surface area contributed by atoms with Crippen LogP contribution >= 0.6 is 0 Å². The topological polar surface area (TPSA) is 58.3 Å². The van der Waals surface area contributed by atoms with Crippen LogP contribution in [0.2, 0.25) is 0 Å². The fourth-order valence-electron chi connectivity index (χ4n) is 1.44. The van der Waals surface area contributed by atoms with Crippen molar-refractivity contribution in [3.05, 3.63) is 48.2 Å². The van der Waals surface area contributed by atoms with Gasteiger partial charge in [0.2, 0.25) is 0 Å². The average Bonchev–Trinajstić information content (AvgIpc) is 2.80. The average molecular weight is 218 g/mol. The minimum atomic E-state index is 0.304. The highest BCUT2D eigenvalue weighted by molar-refractivity contribution is 5.25. The van der Waals surface area contributed by atoms with Crippen LogP contribution in [0.15, 0.2) is 41.3 Å². The van der Waals surface area contributed by atoms with E-state index in [-0.39, 0.29) is 0 Å². The zero-order valence-electron chi connectivity index (χ0n) is 8.89. The number of aromatic nitrogens is 1. The highest BCUT2D eigenvalue weighted by atomic mass is 16.3. The normalized spacial score (nSPS) is 10.5. The van der Waals surface area contributed by atoms with Crippen molar-refractivity contribution in [1.82, 2.24) is 10.3 Å². The van der Waals surface area contributed by atoms with Crippen LogP contribution in [-0.2, 0) is 13.0 Å². The van der Waals surface area contributed by atoms with E-state index in [0.29, 0.717) is 12.3 Å². The highest BCUT2D eigenvalue weighted by Gasteiger charge is 1.96. The summed E-state index contributed by atoms with van der Waals surface area (Å²) in [6.07, 6.45) is 4.05. The van der Waals surface area contributed by atoms with Crippen molar-refractivity contribution in [3.8, 4) is 5.75 Å². The molecule has 0 spiro atoms. The second kappa shape index (κ2) is 5.32. The van der Waals surface area contributed by atoms with Gasteiger partial charge in [-0.1, -0.05) is 12.1 Å². The van der Waals surface area contributed by atoms with Crippen molar-refractivity contribution in [2.24, 2.45) is 0 Å². The molecule has 0 aliphatic rings. The lowest BCUT2D eigenvalue weighted by Gasteiger charge is -2.03. The molecule has 0 atom stereocenters. The summed E-state index contributed by atoms with van der Waals surface area (Å²) in [5, 5.41) is 12.4. The third-order valence-corrected chi connectivity index (χ3v) is 2.31. The second-order valence-electron chi connectivity index (χ2n) is 3.56. The van der Waals surface area contributed by atoms with Gasteiger partial charge in [0.1, 0.15) is 11.5 Å². The molecular formula is C12H14N2O2. The van der Waals surface area contributed by atoms with Crippen LogP contribution in [0.4, 0.5) is 0 Å². The van der Waals surface area contributed by atoms with E-state index >= 15 is 0 Å². The first-order chi connectivity index (χ1) is 7.84. The van der Waals surface area contributed by atoms with Crippen LogP contribution in [0.5, 0.6) is 5.75 Å². The van der Waals surface area contributed by atoms with Crippen LogP contribution in [-0.4, -0.2) is 16.6 Å². The Hall–Kier alpha value is -1.81. The predicted octanol–water partition coefficient (Wildman–Crippen LogP) is 1.71. The summed E-state index contributed by atoms with van der Waals surface area (Å²) < 4.78 is 5.09. The van der Waals surface area contributed by atoms with E-state index in [2.05, 4.69) is 10.3 Å². The molecule has 0 radical (unpaired) electrons. The van der Waals surface area contributed by atoms with E-state index in [9.17, 15) is 0 Å². The molecule has 0 aliphatic heterocycles.